The monoisotopic (exact) mass is 359 g/mol. The summed E-state index contributed by atoms with van der Waals surface area (Å²) in [6, 6.07) is 8.50. The van der Waals surface area contributed by atoms with E-state index in [1.165, 1.54) is 32.4 Å². The van der Waals surface area contributed by atoms with Crippen LogP contribution in [0.5, 0.6) is 0 Å². The average molecular weight is 360 g/mol. The Balaban J connectivity index is 1.82. The molecule has 0 radical (unpaired) electrons. The number of amides is 2. The molecule has 2 N–H and O–H groups in total. The molecule has 0 bridgehead atoms. The molecule has 2 unspecified atom stereocenters. The molecular weight excluding hydrogens is 326 g/mol. The zero-order valence-electron chi connectivity index (χ0n) is 16.3. The van der Waals surface area contributed by atoms with Gasteiger partial charge in [-0.15, -0.1) is 0 Å². The summed E-state index contributed by atoms with van der Waals surface area (Å²) in [4.78, 5) is 27.5. The lowest BCUT2D eigenvalue weighted by molar-refractivity contribution is -0.124. The maximum Gasteiger partial charge on any atom is 0.251 e. The summed E-state index contributed by atoms with van der Waals surface area (Å²) in [6.07, 6.45) is 3.89. The van der Waals surface area contributed by atoms with Gasteiger partial charge in [-0.3, -0.25) is 9.59 Å². The van der Waals surface area contributed by atoms with E-state index in [0.717, 1.165) is 6.54 Å². The van der Waals surface area contributed by atoms with E-state index in [1.807, 2.05) is 32.0 Å². The Bertz CT molecular complexity index is 568. The van der Waals surface area contributed by atoms with Gasteiger partial charge in [0.25, 0.3) is 5.91 Å². The van der Waals surface area contributed by atoms with Crippen molar-refractivity contribution in [2.45, 2.75) is 46.1 Å². The lowest BCUT2D eigenvalue weighted by atomic mass is 10.0. The summed E-state index contributed by atoms with van der Waals surface area (Å²) in [5, 5.41) is 5.91. The zero-order chi connectivity index (χ0) is 18.9. The number of nitrogens with zero attached hydrogens (tertiary/aromatic N) is 1. The van der Waals surface area contributed by atoms with Crippen LogP contribution >= 0.6 is 0 Å². The van der Waals surface area contributed by atoms with Crippen LogP contribution in [0.2, 0.25) is 0 Å². The van der Waals surface area contributed by atoms with Crippen LogP contribution in [-0.2, 0) is 4.79 Å². The minimum Gasteiger partial charge on any atom is -0.354 e. The maximum atomic E-state index is 12.6. The van der Waals surface area contributed by atoms with Crippen molar-refractivity contribution in [3.8, 4) is 0 Å². The van der Waals surface area contributed by atoms with Gasteiger partial charge in [0.05, 0.1) is 0 Å². The van der Waals surface area contributed by atoms with Crippen molar-refractivity contribution in [3.05, 3.63) is 35.9 Å². The molecule has 2 amide bonds. The number of rotatable bonds is 8. The molecule has 1 aliphatic heterocycles. The van der Waals surface area contributed by atoms with Crippen molar-refractivity contribution in [1.82, 2.24) is 15.5 Å². The molecule has 144 valence electrons. The molecule has 0 aromatic heterocycles. The number of hydrogen-bond donors (Lipinski definition) is 2. The van der Waals surface area contributed by atoms with E-state index in [9.17, 15) is 9.59 Å². The number of carbonyl (C=O) groups excluding carboxylic acids is 2. The summed E-state index contributed by atoms with van der Waals surface area (Å²) in [6.45, 7) is 10.1. The second-order valence-corrected chi connectivity index (χ2v) is 7.77. The first-order chi connectivity index (χ1) is 12.5. The third-order valence-corrected chi connectivity index (χ3v) is 4.92. The fourth-order valence-corrected chi connectivity index (χ4v) is 3.38. The van der Waals surface area contributed by atoms with Crippen LogP contribution < -0.4 is 10.6 Å². The Hall–Kier alpha value is -1.88. The molecule has 0 saturated carbocycles. The largest absolute Gasteiger partial charge is 0.354 e. The second kappa shape index (κ2) is 10.3. The van der Waals surface area contributed by atoms with Gasteiger partial charge in [0.1, 0.15) is 6.04 Å². The fourth-order valence-electron chi connectivity index (χ4n) is 3.38. The zero-order valence-corrected chi connectivity index (χ0v) is 16.3. The lowest BCUT2D eigenvalue weighted by Crippen LogP contribution is -2.51. The van der Waals surface area contributed by atoms with Crippen LogP contribution in [0.25, 0.3) is 0 Å². The van der Waals surface area contributed by atoms with E-state index in [1.54, 1.807) is 12.1 Å². The molecule has 1 heterocycles. The summed E-state index contributed by atoms with van der Waals surface area (Å²) < 4.78 is 0. The van der Waals surface area contributed by atoms with Crippen LogP contribution in [0.3, 0.4) is 0 Å². The highest BCUT2D eigenvalue weighted by Gasteiger charge is 2.25. The lowest BCUT2D eigenvalue weighted by Gasteiger charge is -2.29. The van der Waals surface area contributed by atoms with Gasteiger partial charge < -0.3 is 15.5 Å². The van der Waals surface area contributed by atoms with Gasteiger partial charge in [-0.1, -0.05) is 45.4 Å². The first kappa shape index (κ1) is 20.4. The van der Waals surface area contributed by atoms with Crippen molar-refractivity contribution < 1.29 is 9.59 Å². The Kier molecular flexibility index (Phi) is 8.10. The first-order valence-corrected chi connectivity index (χ1v) is 9.83. The molecule has 2 atom stereocenters. The van der Waals surface area contributed by atoms with Crippen molar-refractivity contribution in [1.29, 1.82) is 0 Å². The predicted octanol–water partition coefficient (Wildman–Crippen LogP) is 2.68. The summed E-state index contributed by atoms with van der Waals surface area (Å²) in [5.74, 6) is 0.116. The van der Waals surface area contributed by atoms with Crippen molar-refractivity contribution in [2.24, 2.45) is 11.8 Å². The van der Waals surface area contributed by atoms with Crippen LogP contribution in [0.4, 0.5) is 0 Å². The van der Waals surface area contributed by atoms with Gasteiger partial charge >= 0.3 is 0 Å². The second-order valence-electron chi connectivity index (χ2n) is 7.77. The van der Waals surface area contributed by atoms with E-state index in [4.69, 9.17) is 0 Å². The topological polar surface area (TPSA) is 61.4 Å². The Labute approximate surface area is 157 Å². The number of hydrogen-bond acceptors (Lipinski definition) is 3. The predicted molar refractivity (Wildman–Crippen MR) is 105 cm³/mol. The first-order valence-electron chi connectivity index (χ1n) is 9.83. The molecule has 26 heavy (non-hydrogen) atoms. The van der Waals surface area contributed by atoms with Gasteiger partial charge in [0.15, 0.2) is 0 Å². The summed E-state index contributed by atoms with van der Waals surface area (Å²) >= 11 is 0. The maximum absolute atomic E-state index is 12.6. The average Bonchev–Trinajstić information content (AvgIpc) is 2.65. The number of benzene rings is 1. The molecule has 5 nitrogen and oxygen atoms in total. The Morgan fingerprint density at radius 1 is 1.04 bits per heavy atom. The molecular formula is C21H33N3O2. The molecule has 1 fully saturated rings. The summed E-state index contributed by atoms with van der Waals surface area (Å²) in [7, 11) is 0. The Morgan fingerprint density at radius 2 is 1.69 bits per heavy atom. The quantitative estimate of drug-likeness (QED) is 0.750. The van der Waals surface area contributed by atoms with E-state index < -0.39 is 6.04 Å². The number of piperidine rings is 1. The molecule has 1 saturated heterocycles. The summed E-state index contributed by atoms with van der Waals surface area (Å²) in [5.41, 5.74) is 0.574. The SMILES string of the molecule is CC(CNC(=O)C(NC(=O)c1ccccc1)C(C)C)CN1CCCCC1. The standard InChI is InChI=1S/C21H33N3O2/c1-16(2)19(23-20(25)18-10-6-4-7-11-18)21(26)22-14-17(3)15-24-12-8-5-9-13-24/h4,6-7,10-11,16-17,19H,5,8-9,12-15H2,1-3H3,(H,22,26)(H,23,25). The molecule has 1 aliphatic rings. The minimum absolute atomic E-state index is 0.0278. The van der Waals surface area contributed by atoms with Gasteiger partial charge in [-0.05, 0) is 49.9 Å². The smallest absolute Gasteiger partial charge is 0.251 e. The van der Waals surface area contributed by atoms with E-state index in [0.29, 0.717) is 18.0 Å². The van der Waals surface area contributed by atoms with E-state index >= 15 is 0 Å². The Morgan fingerprint density at radius 3 is 2.31 bits per heavy atom. The van der Waals surface area contributed by atoms with E-state index in [-0.39, 0.29) is 17.7 Å². The highest BCUT2D eigenvalue weighted by molar-refractivity contribution is 5.97. The van der Waals surface area contributed by atoms with Gasteiger partial charge in [0, 0.05) is 18.7 Å². The van der Waals surface area contributed by atoms with Gasteiger partial charge in [-0.2, -0.15) is 0 Å². The van der Waals surface area contributed by atoms with Crippen LogP contribution in [0, 0.1) is 11.8 Å². The molecule has 1 aromatic carbocycles. The van der Waals surface area contributed by atoms with Gasteiger partial charge in [0.2, 0.25) is 5.91 Å². The van der Waals surface area contributed by atoms with Crippen LogP contribution in [-0.4, -0.2) is 48.9 Å². The normalized spacial score (nSPS) is 17.5. The van der Waals surface area contributed by atoms with Crippen molar-refractivity contribution in [3.63, 3.8) is 0 Å². The molecule has 5 heteroatoms. The fraction of sp³-hybridized carbons (Fsp3) is 0.619. The highest BCUT2D eigenvalue weighted by atomic mass is 16.2. The van der Waals surface area contributed by atoms with Crippen LogP contribution in [0.15, 0.2) is 30.3 Å². The molecule has 0 spiro atoms. The van der Waals surface area contributed by atoms with Crippen molar-refractivity contribution in [2.75, 3.05) is 26.2 Å². The molecule has 2 rings (SSSR count). The number of carbonyl (C=O) groups is 2. The van der Waals surface area contributed by atoms with Gasteiger partial charge in [-0.25, -0.2) is 0 Å². The molecule has 0 aliphatic carbocycles. The minimum atomic E-state index is -0.523. The number of likely N-dealkylation sites (tertiary alicyclic amines) is 1. The van der Waals surface area contributed by atoms with Crippen molar-refractivity contribution >= 4 is 11.8 Å². The number of nitrogens with one attached hydrogen (secondary N) is 2. The van der Waals surface area contributed by atoms with E-state index in [2.05, 4.69) is 22.5 Å². The molecule has 1 aromatic rings. The third kappa shape index (κ3) is 6.45. The third-order valence-electron chi connectivity index (χ3n) is 4.92. The highest BCUT2D eigenvalue weighted by Crippen LogP contribution is 2.11. The van der Waals surface area contributed by atoms with Crippen LogP contribution in [0.1, 0.15) is 50.4 Å².